The molecule has 70 valence electrons. The highest BCUT2D eigenvalue weighted by Crippen LogP contribution is 2.28. The molecule has 0 bridgehead atoms. The Hall–Kier alpha value is -0.860. The first-order valence-electron chi connectivity index (χ1n) is 4.62. The summed E-state index contributed by atoms with van der Waals surface area (Å²) in [4.78, 5) is 0. The zero-order valence-corrected chi connectivity index (χ0v) is 7.77. The molecule has 2 rings (SSSR count). The van der Waals surface area contributed by atoms with Gasteiger partial charge in [0.15, 0.2) is 0 Å². The van der Waals surface area contributed by atoms with Crippen molar-refractivity contribution in [3.63, 3.8) is 0 Å². The van der Waals surface area contributed by atoms with Crippen LogP contribution in [0.1, 0.15) is 18.6 Å². The maximum absolute atomic E-state index is 5.55. The van der Waals surface area contributed by atoms with Crippen LogP contribution in [0.5, 0.6) is 0 Å². The first kappa shape index (κ1) is 8.73. The molecule has 0 radical (unpaired) electrons. The molecule has 1 aliphatic rings. The Balaban J connectivity index is 2.15. The average molecular weight is 178 g/mol. The molecule has 0 saturated carbocycles. The molecule has 1 saturated heterocycles. The number of hydrogen-bond acceptors (Lipinski definition) is 2. The minimum absolute atomic E-state index is 0.204. The summed E-state index contributed by atoms with van der Waals surface area (Å²) in [7, 11) is 0. The summed E-state index contributed by atoms with van der Waals surface area (Å²) in [6.45, 7) is 3.36. The molecule has 0 aliphatic carbocycles. The van der Waals surface area contributed by atoms with Crippen molar-refractivity contribution < 1.29 is 9.47 Å². The van der Waals surface area contributed by atoms with E-state index in [1.807, 2.05) is 18.2 Å². The highest BCUT2D eigenvalue weighted by Gasteiger charge is 2.23. The summed E-state index contributed by atoms with van der Waals surface area (Å²) in [6, 6.07) is 10.3. The molecule has 1 aromatic rings. The number of rotatable bonds is 1. The molecule has 0 spiro atoms. The van der Waals surface area contributed by atoms with Crippen LogP contribution < -0.4 is 0 Å². The van der Waals surface area contributed by atoms with Gasteiger partial charge in [-0.15, -0.1) is 0 Å². The van der Waals surface area contributed by atoms with E-state index in [1.54, 1.807) is 0 Å². The molecule has 0 amide bonds. The lowest BCUT2D eigenvalue weighted by Crippen LogP contribution is -2.25. The summed E-state index contributed by atoms with van der Waals surface area (Å²) in [6.07, 6.45) is 0.204. The lowest BCUT2D eigenvalue weighted by Gasteiger charge is -2.29. The topological polar surface area (TPSA) is 18.5 Å². The summed E-state index contributed by atoms with van der Waals surface area (Å²) < 4.78 is 10.8. The van der Waals surface area contributed by atoms with E-state index in [1.165, 1.54) is 5.56 Å². The van der Waals surface area contributed by atoms with Crippen LogP contribution in [-0.2, 0) is 9.47 Å². The minimum Gasteiger partial charge on any atom is -0.355 e. The van der Waals surface area contributed by atoms with Crippen LogP contribution in [0.15, 0.2) is 30.3 Å². The summed E-state index contributed by atoms with van der Waals surface area (Å²) in [5.74, 6) is 0.441. The van der Waals surface area contributed by atoms with Gasteiger partial charge in [0.05, 0.1) is 12.7 Å². The van der Waals surface area contributed by atoms with Crippen LogP contribution in [0.4, 0.5) is 0 Å². The fraction of sp³-hybridized carbons (Fsp3) is 0.455. The van der Waals surface area contributed by atoms with Gasteiger partial charge in [-0.1, -0.05) is 37.3 Å². The van der Waals surface area contributed by atoms with Gasteiger partial charge in [0, 0.05) is 5.92 Å². The van der Waals surface area contributed by atoms with Crippen molar-refractivity contribution in [3.05, 3.63) is 35.9 Å². The van der Waals surface area contributed by atoms with Crippen molar-refractivity contribution in [2.45, 2.75) is 13.0 Å². The Kier molecular flexibility index (Phi) is 2.62. The highest BCUT2D eigenvalue weighted by molar-refractivity contribution is 5.18. The molecule has 0 aromatic heterocycles. The van der Waals surface area contributed by atoms with Crippen molar-refractivity contribution >= 4 is 0 Å². The van der Waals surface area contributed by atoms with Gasteiger partial charge in [0.2, 0.25) is 0 Å². The van der Waals surface area contributed by atoms with Crippen molar-refractivity contribution in [2.24, 2.45) is 5.92 Å². The van der Waals surface area contributed by atoms with Gasteiger partial charge in [0.1, 0.15) is 6.79 Å². The Labute approximate surface area is 78.5 Å². The zero-order valence-electron chi connectivity index (χ0n) is 7.77. The largest absolute Gasteiger partial charge is 0.355 e. The van der Waals surface area contributed by atoms with Gasteiger partial charge in [-0.3, -0.25) is 0 Å². The standard InChI is InChI=1S/C11H14O2/c1-9-7-12-8-13-11(9)10-5-3-2-4-6-10/h2-6,9,11H,7-8H2,1H3/t9-,11+/m0/s1. The molecule has 2 heteroatoms. The molecular weight excluding hydrogens is 164 g/mol. The SMILES string of the molecule is C[C@H]1COCO[C@H]1c1ccccc1. The summed E-state index contributed by atoms with van der Waals surface area (Å²) in [5, 5.41) is 0. The Morgan fingerprint density at radius 3 is 2.69 bits per heavy atom. The van der Waals surface area contributed by atoms with Crippen molar-refractivity contribution in [2.75, 3.05) is 13.4 Å². The molecule has 1 aromatic carbocycles. The maximum Gasteiger partial charge on any atom is 0.147 e. The van der Waals surface area contributed by atoms with Gasteiger partial charge in [-0.25, -0.2) is 0 Å². The van der Waals surface area contributed by atoms with Gasteiger partial charge in [0.25, 0.3) is 0 Å². The second-order valence-corrected chi connectivity index (χ2v) is 3.46. The smallest absolute Gasteiger partial charge is 0.147 e. The Morgan fingerprint density at radius 1 is 1.23 bits per heavy atom. The first-order valence-corrected chi connectivity index (χ1v) is 4.62. The quantitative estimate of drug-likeness (QED) is 0.657. The Morgan fingerprint density at radius 2 is 2.00 bits per heavy atom. The number of benzene rings is 1. The lowest BCUT2D eigenvalue weighted by molar-refractivity contribution is -0.168. The number of hydrogen-bond donors (Lipinski definition) is 0. The highest BCUT2D eigenvalue weighted by atomic mass is 16.7. The molecule has 2 atom stereocenters. The first-order chi connectivity index (χ1) is 6.38. The van der Waals surface area contributed by atoms with Crippen LogP contribution in [-0.4, -0.2) is 13.4 Å². The molecule has 1 aliphatic heterocycles. The molecule has 0 N–H and O–H groups in total. The van der Waals surface area contributed by atoms with Crippen molar-refractivity contribution in [3.8, 4) is 0 Å². The number of ether oxygens (including phenoxy) is 2. The molecule has 2 nitrogen and oxygen atoms in total. The third-order valence-corrected chi connectivity index (χ3v) is 2.36. The Bertz CT molecular complexity index is 258. The normalized spacial score (nSPS) is 28.7. The van der Waals surface area contributed by atoms with Gasteiger partial charge in [-0.2, -0.15) is 0 Å². The monoisotopic (exact) mass is 178 g/mol. The second-order valence-electron chi connectivity index (χ2n) is 3.46. The van der Waals surface area contributed by atoms with E-state index in [0.29, 0.717) is 12.7 Å². The van der Waals surface area contributed by atoms with E-state index < -0.39 is 0 Å². The fourth-order valence-corrected chi connectivity index (χ4v) is 1.67. The van der Waals surface area contributed by atoms with E-state index >= 15 is 0 Å². The maximum atomic E-state index is 5.55. The van der Waals surface area contributed by atoms with E-state index in [9.17, 15) is 0 Å². The van der Waals surface area contributed by atoms with E-state index in [2.05, 4.69) is 19.1 Å². The molecule has 1 heterocycles. The molecular formula is C11H14O2. The second kappa shape index (κ2) is 3.90. The zero-order chi connectivity index (χ0) is 9.10. The van der Waals surface area contributed by atoms with Gasteiger partial charge >= 0.3 is 0 Å². The van der Waals surface area contributed by atoms with Gasteiger partial charge in [-0.05, 0) is 5.56 Å². The summed E-state index contributed by atoms with van der Waals surface area (Å²) >= 11 is 0. The van der Waals surface area contributed by atoms with Crippen LogP contribution in [0.25, 0.3) is 0 Å². The summed E-state index contributed by atoms with van der Waals surface area (Å²) in [5.41, 5.74) is 1.25. The van der Waals surface area contributed by atoms with Crippen LogP contribution in [0, 0.1) is 5.92 Å². The predicted molar refractivity (Wildman–Crippen MR) is 50.3 cm³/mol. The van der Waals surface area contributed by atoms with E-state index in [0.717, 1.165) is 6.61 Å². The van der Waals surface area contributed by atoms with Crippen LogP contribution in [0.3, 0.4) is 0 Å². The van der Waals surface area contributed by atoms with Crippen LogP contribution >= 0.6 is 0 Å². The van der Waals surface area contributed by atoms with Crippen molar-refractivity contribution in [1.82, 2.24) is 0 Å². The molecule has 0 unspecified atom stereocenters. The third-order valence-electron chi connectivity index (χ3n) is 2.36. The lowest BCUT2D eigenvalue weighted by atomic mass is 9.97. The third kappa shape index (κ3) is 1.90. The van der Waals surface area contributed by atoms with Crippen LogP contribution in [0.2, 0.25) is 0 Å². The van der Waals surface area contributed by atoms with E-state index in [4.69, 9.17) is 9.47 Å². The predicted octanol–water partition coefficient (Wildman–Crippen LogP) is 2.37. The van der Waals surface area contributed by atoms with Crippen molar-refractivity contribution in [1.29, 1.82) is 0 Å². The minimum atomic E-state index is 0.204. The van der Waals surface area contributed by atoms with Gasteiger partial charge < -0.3 is 9.47 Å². The fourth-order valence-electron chi connectivity index (χ4n) is 1.67. The molecule has 1 fully saturated rings. The average Bonchev–Trinajstić information content (AvgIpc) is 2.20. The molecule has 13 heavy (non-hydrogen) atoms. The van der Waals surface area contributed by atoms with E-state index in [-0.39, 0.29) is 6.10 Å².